The van der Waals surface area contributed by atoms with Crippen molar-refractivity contribution in [2.45, 2.75) is 45.3 Å². The van der Waals surface area contributed by atoms with Gasteiger partial charge in [-0.05, 0) is 44.9 Å². The monoisotopic (exact) mass is 303 g/mol. The lowest BCUT2D eigenvalue weighted by Gasteiger charge is -2.34. The van der Waals surface area contributed by atoms with Gasteiger partial charge in [0.15, 0.2) is 0 Å². The number of halogens is 2. The molecule has 0 aliphatic heterocycles. The summed E-state index contributed by atoms with van der Waals surface area (Å²) in [4.78, 5) is 0. The topological polar surface area (TPSA) is 21.3 Å². The van der Waals surface area contributed by atoms with Crippen molar-refractivity contribution in [1.29, 1.82) is 0 Å². The molecule has 1 aromatic rings. The van der Waals surface area contributed by atoms with Gasteiger partial charge in [-0.25, -0.2) is 0 Å². The summed E-state index contributed by atoms with van der Waals surface area (Å²) in [5, 5.41) is 4.77. The van der Waals surface area contributed by atoms with Crippen molar-refractivity contribution >= 4 is 23.2 Å². The Labute approximate surface area is 126 Å². The molecule has 2 nitrogen and oxygen atoms in total. The SMILES string of the molecule is CCCNC(Cc1cccc(Cl)c1Cl)C(C)(C)OC. The van der Waals surface area contributed by atoms with Crippen LogP contribution in [0.4, 0.5) is 0 Å². The van der Waals surface area contributed by atoms with Crippen molar-refractivity contribution in [1.82, 2.24) is 5.32 Å². The summed E-state index contributed by atoms with van der Waals surface area (Å²) in [5.74, 6) is 0. The standard InChI is InChI=1S/C15H23Cl2NO/c1-5-9-18-13(15(2,3)19-4)10-11-7-6-8-12(16)14(11)17/h6-8,13,18H,5,9-10H2,1-4H3. The lowest BCUT2D eigenvalue weighted by Crippen LogP contribution is -2.49. The van der Waals surface area contributed by atoms with Crippen LogP contribution in [0.25, 0.3) is 0 Å². The summed E-state index contributed by atoms with van der Waals surface area (Å²) in [6.07, 6.45) is 1.87. The molecule has 0 aliphatic rings. The first-order valence-corrected chi connectivity index (χ1v) is 7.39. The number of nitrogens with one attached hydrogen (secondary N) is 1. The van der Waals surface area contributed by atoms with Gasteiger partial charge in [-0.1, -0.05) is 42.3 Å². The Morgan fingerprint density at radius 3 is 2.58 bits per heavy atom. The van der Waals surface area contributed by atoms with Crippen LogP contribution in [0.5, 0.6) is 0 Å². The third-order valence-corrected chi connectivity index (χ3v) is 4.32. The van der Waals surface area contributed by atoms with Crippen molar-refractivity contribution in [2.24, 2.45) is 0 Å². The molecule has 4 heteroatoms. The summed E-state index contributed by atoms with van der Waals surface area (Å²) in [6.45, 7) is 7.27. The number of ether oxygens (including phenoxy) is 1. The first-order valence-electron chi connectivity index (χ1n) is 6.63. The maximum absolute atomic E-state index is 6.26. The molecule has 0 radical (unpaired) electrons. The molecule has 0 fully saturated rings. The van der Waals surface area contributed by atoms with Gasteiger partial charge in [0, 0.05) is 13.2 Å². The van der Waals surface area contributed by atoms with Crippen LogP contribution in [0.3, 0.4) is 0 Å². The van der Waals surface area contributed by atoms with E-state index in [1.54, 1.807) is 7.11 Å². The Balaban J connectivity index is 2.91. The van der Waals surface area contributed by atoms with Crippen molar-refractivity contribution in [2.75, 3.05) is 13.7 Å². The normalized spacial score (nSPS) is 13.6. The van der Waals surface area contributed by atoms with Crippen LogP contribution in [0, 0.1) is 0 Å². The number of hydrogen-bond acceptors (Lipinski definition) is 2. The molecule has 108 valence electrons. The third-order valence-electron chi connectivity index (χ3n) is 3.46. The Kier molecular flexibility index (Phi) is 6.61. The summed E-state index contributed by atoms with van der Waals surface area (Å²) in [7, 11) is 1.74. The molecule has 1 rings (SSSR count). The fourth-order valence-corrected chi connectivity index (χ4v) is 2.35. The van der Waals surface area contributed by atoms with Gasteiger partial charge in [0.1, 0.15) is 0 Å². The van der Waals surface area contributed by atoms with E-state index in [-0.39, 0.29) is 11.6 Å². The lowest BCUT2D eigenvalue weighted by atomic mass is 9.92. The van der Waals surface area contributed by atoms with Gasteiger partial charge in [0.2, 0.25) is 0 Å². The fraction of sp³-hybridized carbons (Fsp3) is 0.600. The Morgan fingerprint density at radius 2 is 2.00 bits per heavy atom. The average molecular weight is 304 g/mol. The highest BCUT2D eigenvalue weighted by molar-refractivity contribution is 6.42. The van der Waals surface area contributed by atoms with E-state index >= 15 is 0 Å². The van der Waals surface area contributed by atoms with Crippen LogP contribution in [0.1, 0.15) is 32.8 Å². The van der Waals surface area contributed by atoms with E-state index < -0.39 is 0 Å². The molecule has 0 amide bonds. The molecule has 0 aromatic heterocycles. The van der Waals surface area contributed by atoms with E-state index in [0.717, 1.165) is 24.9 Å². The molecule has 19 heavy (non-hydrogen) atoms. The van der Waals surface area contributed by atoms with Gasteiger partial charge in [-0.15, -0.1) is 0 Å². The van der Waals surface area contributed by atoms with Crippen molar-refractivity contribution in [3.63, 3.8) is 0 Å². The molecule has 0 heterocycles. The maximum Gasteiger partial charge on any atom is 0.0778 e. The fourth-order valence-electron chi connectivity index (χ4n) is 1.95. The minimum absolute atomic E-state index is 0.188. The van der Waals surface area contributed by atoms with Crippen molar-refractivity contribution in [3.8, 4) is 0 Å². The molecule has 1 atom stereocenters. The van der Waals surface area contributed by atoms with Gasteiger partial charge in [-0.2, -0.15) is 0 Å². The molecule has 0 aliphatic carbocycles. The minimum atomic E-state index is -0.263. The number of hydrogen-bond donors (Lipinski definition) is 1. The zero-order chi connectivity index (χ0) is 14.5. The molecule has 0 spiro atoms. The second-order valence-corrected chi connectivity index (χ2v) is 6.02. The van der Waals surface area contributed by atoms with E-state index in [9.17, 15) is 0 Å². The quantitative estimate of drug-likeness (QED) is 0.809. The molecule has 0 bridgehead atoms. The number of methoxy groups -OCH3 is 1. The first kappa shape index (κ1) is 16.8. The Bertz CT molecular complexity index is 407. The third kappa shape index (κ3) is 4.64. The summed E-state index contributed by atoms with van der Waals surface area (Å²) >= 11 is 12.3. The van der Waals surface area contributed by atoms with Gasteiger partial charge >= 0.3 is 0 Å². The van der Waals surface area contributed by atoms with Crippen LogP contribution < -0.4 is 5.32 Å². The highest BCUT2D eigenvalue weighted by atomic mass is 35.5. The second-order valence-electron chi connectivity index (χ2n) is 5.23. The van der Waals surface area contributed by atoms with E-state index in [4.69, 9.17) is 27.9 Å². The van der Waals surface area contributed by atoms with E-state index in [1.807, 2.05) is 18.2 Å². The van der Waals surface area contributed by atoms with Crippen LogP contribution in [0.15, 0.2) is 18.2 Å². The number of rotatable bonds is 7. The van der Waals surface area contributed by atoms with Gasteiger partial charge in [0.05, 0.1) is 15.6 Å². The molecule has 0 saturated heterocycles. The summed E-state index contributed by atoms with van der Waals surface area (Å²) in [6, 6.07) is 5.94. The lowest BCUT2D eigenvalue weighted by molar-refractivity contribution is -0.00997. The highest BCUT2D eigenvalue weighted by Crippen LogP contribution is 2.28. The Morgan fingerprint density at radius 1 is 1.32 bits per heavy atom. The smallest absolute Gasteiger partial charge is 0.0778 e. The molecule has 1 aromatic carbocycles. The van der Waals surface area contributed by atoms with Crippen LogP contribution in [-0.4, -0.2) is 25.3 Å². The first-order chi connectivity index (χ1) is 8.92. The van der Waals surface area contributed by atoms with Crippen LogP contribution >= 0.6 is 23.2 Å². The summed E-state index contributed by atoms with van der Waals surface area (Å²) in [5.41, 5.74) is 0.786. The van der Waals surface area contributed by atoms with Gasteiger partial charge < -0.3 is 10.1 Å². The zero-order valence-corrected chi connectivity index (χ0v) is 13.6. The van der Waals surface area contributed by atoms with Crippen molar-refractivity contribution in [3.05, 3.63) is 33.8 Å². The molecule has 1 unspecified atom stereocenters. The van der Waals surface area contributed by atoms with Gasteiger partial charge in [0.25, 0.3) is 0 Å². The van der Waals surface area contributed by atoms with E-state index in [1.165, 1.54) is 0 Å². The maximum atomic E-state index is 6.26. The second kappa shape index (κ2) is 7.49. The highest BCUT2D eigenvalue weighted by Gasteiger charge is 2.29. The molecule has 1 N–H and O–H groups in total. The number of benzene rings is 1. The van der Waals surface area contributed by atoms with Gasteiger partial charge in [-0.3, -0.25) is 0 Å². The molecule has 0 saturated carbocycles. The van der Waals surface area contributed by atoms with Crippen LogP contribution in [-0.2, 0) is 11.2 Å². The largest absolute Gasteiger partial charge is 0.377 e. The molecular formula is C15H23Cl2NO. The predicted octanol–water partition coefficient (Wildman–Crippen LogP) is 4.33. The predicted molar refractivity (Wildman–Crippen MR) is 83.3 cm³/mol. The molecular weight excluding hydrogens is 281 g/mol. The zero-order valence-electron chi connectivity index (χ0n) is 12.1. The Hall–Kier alpha value is -0.280. The van der Waals surface area contributed by atoms with Crippen LogP contribution in [0.2, 0.25) is 10.0 Å². The van der Waals surface area contributed by atoms with E-state index in [0.29, 0.717) is 10.0 Å². The van der Waals surface area contributed by atoms with E-state index in [2.05, 4.69) is 26.1 Å². The average Bonchev–Trinajstić information content (AvgIpc) is 2.39. The summed E-state index contributed by atoms with van der Waals surface area (Å²) < 4.78 is 5.60. The minimum Gasteiger partial charge on any atom is -0.377 e. The van der Waals surface area contributed by atoms with Crippen molar-refractivity contribution < 1.29 is 4.74 Å².